The van der Waals surface area contributed by atoms with E-state index in [0.717, 1.165) is 5.01 Å². The molecule has 0 bridgehead atoms. The van der Waals surface area contributed by atoms with Crippen molar-refractivity contribution in [2.45, 2.75) is 26.7 Å². The van der Waals surface area contributed by atoms with Crippen LogP contribution in [0.2, 0.25) is 0 Å². The number of alkyl halides is 2. The summed E-state index contributed by atoms with van der Waals surface area (Å²) in [6, 6.07) is 0. The van der Waals surface area contributed by atoms with Gasteiger partial charge in [-0.1, -0.05) is 6.92 Å². The molecule has 0 saturated carbocycles. The van der Waals surface area contributed by atoms with Gasteiger partial charge < -0.3 is 0 Å². The van der Waals surface area contributed by atoms with Gasteiger partial charge >= 0.3 is 0 Å². The molecule has 0 aliphatic rings. The number of hydrogen-bond acceptors (Lipinski definition) is 2. The van der Waals surface area contributed by atoms with Gasteiger partial charge in [0.05, 0.1) is 5.01 Å². The Kier molecular flexibility index (Phi) is 2.54. The summed E-state index contributed by atoms with van der Waals surface area (Å²) in [6.07, 6.45) is -1.78. The number of thiazole rings is 1. The van der Waals surface area contributed by atoms with Crippen molar-refractivity contribution in [3.8, 4) is 0 Å². The van der Waals surface area contributed by atoms with Crippen LogP contribution in [0.4, 0.5) is 8.78 Å². The third-order valence-corrected chi connectivity index (χ3v) is 2.49. The van der Waals surface area contributed by atoms with Crippen LogP contribution in [0.3, 0.4) is 0 Å². The maximum atomic E-state index is 12.2. The molecule has 1 rings (SSSR count). The summed E-state index contributed by atoms with van der Waals surface area (Å²) in [5.41, 5.74) is -0.0324. The van der Waals surface area contributed by atoms with E-state index >= 15 is 0 Å². The monoisotopic (exact) mass is 177 g/mol. The zero-order valence-corrected chi connectivity index (χ0v) is 7.21. The summed E-state index contributed by atoms with van der Waals surface area (Å²) in [7, 11) is 0. The molecule has 1 aromatic rings. The molecule has 0 radical (unpaired) electrons. The van der Waals surface area contributed by atoms with Gasteiger partial charge in [0.15, 0.2) is 0 Å². The number of hydrogen-bond donors (Lipinski definition) is 0. The van der Waals surface area contributed by atoms with Crippen LogP contribution in [0.1, 0.15) is 28.9 Å². The topological polar surface area (TPSA) is 12.9 Å². The van der Waals surface area contributed by atoms with Gasteiger partial charge in [-0.25, -0.2) is 13.8 Å². The molecule has 0 aliphatic heterocycles. The number of halogens is 2. The Morgan fingerprint density at radius 1 is 1.55 bits per heavy atom. The third-order valence-electron chi connectivity index (χ3n) is 1.36. The van der Waals surface area contributed by atoms with E-state index < -0.39 is 6.43 Å². The number of aryl methyl sites for hydroxylation is 2. The Labute approximate surface area is 68.1 Å². The fourth-order valence-corrected chi connectivity index (χ4v) is 1.79. The molecule has 0 aromatic carbocycles. The summed E-state index contributed by atoms with van der Waals surface area (Å²) in [5.74, 6) is 0. The minimum Gasteiger partial charge on any atom is -0.240 e. The van der Waals surface area contributed by atoms with Crippen molar-refractivity contribution in [2.75, 3.05) is 0 Å². The van der Waals surface area contributed by atoms with Crippen molar-refractivity contribution in [3.63, 3.8) is 0 Å². The Balaban J connectivity index is 3.02. The highest BCUT2D eigenvalue weighted by Gasteiger charge is 2.16. The molecule has 0 N–H and O–H groups in total. The smallest absolute Gasteiger partial charge is 0.240 e. The van der Waals surface area contributed by atoms with Crippen LogP contribution in [0.5, 0.6) is 0 Å². The zero-order chi connectivity index (χ0) is 8.43. The maximum Gasteiger partial charge on any atom is 0.281 e. The summed E-state index contributed by atoms with van der Waals surface area (Å²) in [4.78, 5) is 4.46. The number of nitrogens with zero attached hydrogens (tertiary/aromatic N) is 1. The van der Waals surface area contributed by atoms with Crippen LogP contribution in [-0.2, 0) is 6.42 Å². The van der Waals surface area contributed by atoms with Crippen LogP contribution in [-0.4, -0.2) is 4.98 Å². The summed E-state index contributed by atoms with van der Waals surface area (Å²) < 4.78 is 24.3. The fourth-order valence-electron chi connectivity index (χ4n) is 0.909. The molecule has 1 heterocycles. The second-order valence-electron chi connectivity index (χ2n) is 2.20. The van der Waals surface area contributed by atoms with E-state index in [0.29, 0.717) is 11.3 Å². The molecule has 0 fully saturated rings. The number of aromatic nitrogens is 1. The lowest BCUT2D eigenvalue weighted by Crippen LogP contribution is -1.89. The molecule has 11 heavy (non-hydrogen) atoms. The summed E-state index contributed by atoms with van der Waals surface area (Å²) in [6.45, 7) is 3.61. The lowest BCUT2D eigenvalue weighted by atomic mass is 10.3. The highest BCUT2D eigenvalue weighted by molar-refractivity contribution is 7.11. The van der Waals surface area contributed by atoms with Crippen molar-refractivity contribution in [1.82, 2.24) is 4.98 Å². The van der Waals surface area contributed by atoms with Crippen LogP contribution >= 0.6 is 11.3 Å². The van der Waals surface area contributed by atoms with Gasteiger partial charge in [-0.3, -0.25) is 0 Å². The molecule has 1 nitrogen and oxygen atoms in total. The van der Waals surface area contributed by atoms with Gasteiger partial charge in [-0.05, 0) is 13.3 Å². The van der Waals surface area contributed by atoms with Gasteiger partial charge in [-0.2, -0.15) is 0 Å². The van der Waals surface area contributed by atoms with E-state index in [9.17, 15) is 8.78 Å². The SMILES string of the molecule is CCc1sc(C)nc1C(F)F. The standard InChI is InChI=1S/C7H9F2NS/c1-3-5-6(7(8)9)10-4(2)11-5/h7H,3H2,1-2H3. The lowest BCUT2D eigenvalue weighted by Gasteiger charge is -1.94. The molecular weight excluding hydrogens is 168 g/mol. The van der Waals surface area contributed by atoms with Crippen molar-refractivity contribution in [3.05, 3.63) is 15.6 Å². The van der Waals surface area contributed by atoms with Crippen LogP contribution in [0.15, 0.2) is 0 Å². The highest BCUT2D eigenvalue weighted by Crippen LogP contribution is 2.26. The maximum absolute atomic E-state index is 12.2. The summed E-state index contributed by atoms with van der Waals surface area (Å²) >= 11 is 1.35. The molecule has 0 aliphatic carbocycles. The van der Waals surface area contributed by atoms with Gasteiger partial charge in [0.25, 0.3) is 6.43 Å². The second-order valence-corrected chi connectivity index (χ2v) is 3.48. The Morgan fingerprint density at radius 3 is 2.55 bits per heavy atom. The third kappa shape index (κ3) is 1.74. The normalized spacial score (nSPS) is 11.0. The average Bonchev–Trinajstić information content (AvgIpc) is 2.30. The first-order chi connectivity index (χ1) is 5.15. The Bertz CT molecular complexity index is 245. The van der Waals surface area contributed by atoms with E-state index in [4.69, 9.17) is 0 Å². The predicted octanol–water partition coefficient (Wildman–Crippen LogP) is 2.95. The molecule has 62 valence electrons. The molecule has 0 amide bonds. The molecule has 0 saturated heterocycles. The van der Waals surface area contributed by atoms with E-state index in [-0.39, 0.29) is 5.69 Å². The van der Waals surface area contributed by atoms with Gasteiger partial charge in [0, 0.05) is 4.88 Å². The van der Waals surface area contributed by atoms with E-state index in [2.05, 4.69) is 4.98 Å². The zero-order valence-electron chi connectivity index (χ0n) is 6.40. The Hall–Kier alpha value is -0.510. The molecular formula is C7H9F2NS. The molecule has 0 atom stereocenters. The van der Waals surface area contributed by atoms with Crippen molar-refractivity contribution in [1.29, 1.82) is 0 Å². The summed E-state index contributed by atoms with van der Waals surface area (Å²) in [5, 5.41) is 0.720. The van der Waals surface area contributed by atoms with Crippen LogP contribution in [0, 0.1) is 6.92 Å². The van der Waals surface area contributed by atoms with Crippen molar-refractivity contribution in [2.24, 2.45) is 0 Å². The highest BCUT2D eigenvalue weighted by atomic mass is 32.1. The van der Waals surface area contributed by atoms with E-state index in [1.165, 1.54) is 11.3 Å². The minimum atomic E-state index is -2.42. The first-order valence-electron chi connectivity index (χ1n) is 3.39. The van der Waals surface area contributed by atoms with Crippen LogP contribution in [0.25, 0.3) is 0 Å². The first kappa shape index (κ1) is 8.59. The van der Waals surface area contributed by atoms with E-state index in [1.54, 1.807) is 6.92 Å². The molecule has 4 heteroatoms. The van der Waals surface area contributed by atoms with E-state index in [1.807, 2.05) is 6.92 Å². The number of rotatable bonds is 2. The minimum absolute atomic E-state index is 0.0324. The Morgan fingerprint density at radius 2 is 2.18 bits per heavy atom. The largest absolute Gasteiger partial charge is 0.281 e. The van der Waals surface area contributed by atoms with Crippen molar-refractivity contribution < 1.29 is 8.78 Å². The molecule has 1 aromatic heterocycles. The lowest BCUT2D eigenvalue weighted by molar-refractivity contribution is 0.145. The quantitative estimate of drug-likeness (QED) is 0.676. The second kappa shape index (κ2) is 3.26. The fraction of sp³-hybridized carbons (Fsp3) is 0.571. The average molecular weight is 177 g/mol. The predicted molar refractivity (Wildman–Crippen MR) is 41.2 cm³/mol. The van der Waals surface area contributed by atoms with Gasteiger partial charge in [0.2, 0.25) is 0 Å². The first-order valence-corrected chi connectivity index (χ1v) is 4.21. The molecule has 0 unspecified atom stereocenters. The van der Waals surface area contributed by atoms with Crippen LogP contribution < -0.4 is 0 Å². The van der Waals surface area contributed by atoms with Gasteiger partial charge in [-0.15, -0.1) is 11.3 Å². The van der Waals surface area contributed by atoms with Gasteiger partial charge in [0.1, 0.15) is 5.69 Å². The van der Waals surface area contributed by atoms with Crippen molar-refractivity contribution >= 4 is 11.3 Å². The molecule has 0 spiro atoms.